The zero-order valence-electron chi connectivity index (χ0n) is 14.9. The summed E-state index contributed by atoms with van der Waals surface area (Å²) in [6, 6.07) is 8.03. The van der Waals surface area contributed by atoms with E-state index in [1.807, 2.05) is 12.1 Å². The van der Waals surface area contributed by atoms with Crippen molar-refractivity contribution in [1.29, 1.82) is 0 Å². The lowest BCUT2D eigenvalue weighted by molar-refractivity contribution is 0.0594. The molecule has 2 atom stereocenters. The first kappa shape index (κ1) is 20.7. The minimum absolute atomic E-state index is 0.132. The Bertz CT molecular complexity index is 996. The van der Waals surface area contributed by atoms with E-state index >= 15 is 0 Å². The molecular weight excluding hydrogens is 412 g/mol. The summed E-state index contributed by atoms with van der Waals surface area (Å²) in [6.07, 6.45) is 1.81. The number of nitrogens with one attached hydrogen (secondary N) is 1. The Hall–Kier alpha value is -2.03. The molecular formula is C19H18ClF2NO4S. The van der Waals surface area contributed by atoms with Gasteiger partial charge in [0.25, 0.3) is 0 Å². The SMILES string of the molecule is COC(=O)c1cc(F)cc(S(=O)(=O)NC2CCC(c3ccc(Cl)cc3)C2)c1F. The zero-order valence-corrected chi connectivity index (χ0v) is 16.5. The summed E-state index contributed by atoms with van der Waals surface area (Å²) in [7, 11) is -3.37. The molecule has 1 aliphatic rings. The van der Waals surface area contributed by atoms with E-state index < -0.39 is 44.1 Å². The largest absolute Gasteiger partial charge is 0.465 e. The Morgan fingerprint density at radius 2 is 1.86 bits per heavy atom. The molecule has 2 aromatic carbocycles. The molecule has 0 aromatic heterocycles. The van der Waals surface area contributed by atoms with Crippen molar-refractivity contribution in [3.05, 3.63) is 64.2 Å². The van der Waals surface area contributed by atoms with Crippen molar-refractivity contribution in [1.82, 2.24) is 4.72 Å². The van der Waals surface area contributed by atoms with Gasteiger partial charge >= 0.3 is 5.97 Å². The maximum Gasteiger partial charge on any atom is 0.340 e. The van der Waals surface area contributed by atoms with Gasteiger partial charge in [0.05, 0.1) is 12.7 Å². The van der Waals surface area contributed by atoms with Gasteiger partial charge in [-0.25, -0.2) is 26.7 Å². The van der Waals surface area contributed by atoms with Crippen molar-refractivity contribution in [3.8, 4) is 0 Å². The van der Waals surface area contributed by atoms with Crippen molar-refractivity contribution in [2.75, 3.05) is 7.11 Å². The van der Waals surface area contributed by atoms with Gasteiger partial charge < -0.3 is 4.74 Å². The average molecular weight is 430 g/mol. The molecule has 28 heavy (non-hydrogen) atoms. The standard InChI is InChI=1S/C19H18ClF2NO4S/c1-27-19(24)16-9-14(21)10-17(18(16)22)28(25,26)23-15-7-4-12(8-15)11-2-5-13(20)6-3-11/h2-3,5-6,9-10,12,15,23H,4,7-8H2,1H3. The van der Waals surface area contributed by atoms with E-state index in [0.717, 1.165) is 19.1 Å². The molecule has 0 amide bonds. The molecule has 0 spiro atoms. The van der Waals surface area contributed by atoms with Gasteiger partial charge in [-0.2, -0.15) is 0 Å². The molecule has 0 heterocycles. The molecule has 0 bridgehead atoms. The summed E-state index contributed by atoms with van der Waals surface area (Å²) in [4.78, 5) is 10.7. The van der Waals surface area contributed by atoms with Crippen LogP contribution in [0.15, 0.2) is 41.3 Å². The zero-order chi connectivity index (χ0) is 20.5. The molecule has 1 N–H and O–H groups in total. The second-order valence-electron chi connectivity index (χ2n) is 6.64. The molecule has 2 unspecified atom stereocenters. The number of carbonyl (C=O) groups excluding carboxylic acids is 1. The lowest BCUT2D eigenvalue weighted by Crippen LogP contribution is -2.33. The van der Waals surface area contributed by atoms with E-state index in [9.17, 15) is 22.0 Å². The van der Waals surface area contributed by atoms with E-state index in [1.54, 1.807) is 12.1 Å². The summed E-state index contributed by atoms with van der Waals surface area (Å²) in [6.45, 7) is 0. The first-order valence-electron chi connectivity index (χ1n) is 8.56. The molecule has 9 heteroatoms. The number of esters is 1. The molecule has 1 saturated carbocycles. The topological polar surface area (TPSA) is 72.5 Å². The van der Waals surface area contributed by atoms with Crippen LogP contribution in [-0.4, -0.2) is 27.5 Å². The molecule has 150 valence electrons. The first-order valence-corrected chi connectivity index (χ1v) is 10.4. The van der Waals surface area contributed by atoms with Crippen LogP contribution in [0.5, 0.6) is 0 Å². The minimum Gasteiger partial charge on any atom is -0.465 e. The number of methoxy groups -OCH3 is 1. The summed E-state index contributed by atoms with van der Waals surface area (Å²) < 4.78 is 60.4. The molecule has 1 fully saturated rings. The number of benzene rings is 2. The Balaban J connectivity index is 1.80. The van der Waals surface area contributed by atoms with Crippen LogP contribution in [0.3, 0.4) is 0 Å². The van der Waals surface area contributed by atoms with Gasteiger partial charge in [0.1, 0.15) is 10.7 Å². The van der Waals surface area contributed by atoms with Crippen LogP contribution < -0.4 is 4.72 Å². The van der Waals surface area contributed by atoms with E-state index in [2.05, 4.69) is 9.46 Å². The van der Waals surface area contributed by atoms with Crippen LogP contribution in [0.2, 0.25) is 5.02 Å². The van der Waals surface area contributed by atoms with E-state index in [0.29, 0.717) is 30.0 Å². The van der Waals surface area contributed by atoms with Gasteiger partial charge in [0.15, 0.2) is 5.82 Å². The van der Waals surface area contributed by atoms with Crippen LogP contribution in [0.25, 0.3) is 0 Å². The van der Waals surface area contributed by atoms with Gasteiger partial charge in [0, 0.05) is 11.1 Å². The number of carbonyl (C=O) groups is 1. The van der Waals surface area contributed by atoms with E-state index in [4.69, 9.17) is 11.6 Å². The summed E-state index contributed by atoms with van der Waals surface area (Å²) in [5.41, 5.74) is 0.268. The van der Waals surface area contributed by atoms with Gasteiger partial charge in [-0.15, -0.1) is 0 Å². The Kier molecular flexibility index (Phi) is 6.02. The highest BCUT2D eigenvalue weighted by Crippen LogP contribution is 2.35. The van der Waals surface area contributed by atoms with Crippen LogP contribution in [0, 0.1) is 11.6 Å². The molecule has 0 radical (unpaired) electrons. The van der Waals surface area contributed by atoms with Crippen LogP contribution in [0.1, 0.15) is 41.1 Å². The number of hydrogen-bond donors (Lipinski definition) is 1. The predicted octanol–water partition coefficient (Wildman–Crippen LogP) is 4.02. The maximum absolute atomic E-state index is 14.5. The molecule has 0 saturated heterocycles. The average Bonchev–Trinajstić information content (AvgIpc) is 3.10. The second kappa shape index (κ2) is 8.14. The quantitative estimate of drug-likeness (QED) is 0.728. The Morgan fingerprint density at radius 1 is 1.18 bits per heavy atom. The first-order chi connectivity index (χ1) is 13.2. The smallest absolute Gasteiger partial charge is 0.340 e. The van der Waals surface area contributed by atoms with Crippen molar-refractivity contribution in [3.63, 3.8) is 0 Å². The van der Waals surface area contributed by atoms with E-state index in [1.165, 1.54) is 0 Å². The van der Waals surface area contributed by atoms with Gasteiger partial charge in [-0.1, -0.05) is 23.7 Å². The lowest BCUT2D eigenvalue weighted by Gasteiger charge is -2.15. The highest BCUT2D eigenvalue weighted by Gasteiger charge is 2.32. The van der Waals surface area contributed by atoms with Crippen LogP contribution in [0.4, 0.5) is 8.78 Å². The number of hydrogen-bond acceptors (Lipinski definition) is 4. The van der Waals surface area contributed by atoms with Crippen molar-refractivity contribution < 1.29 is 26.7 Å². The fourth-order valence-electron chi connectivity index (χ4n) is 3.43. The summed E-state index contributed by atoms with van der Waals surface area (Å²) >= 11 is 5.88. The predicted molar refractivity (Wildman–Crippen MR) is 99.9 cm³/mol. The highest BCUT2D eigenvalue weighted by molar-refractivity contribution is 7.89. The van der Waals surface area contributed by atoms with E-state index in [-0.39, 0.29) is 5.92 Å². The summed E-state index contributed by atoms with van der Waals surface area (Å²) in [5.74, 6) is -3.41. The number of sulfonamides is 1. The van der Waals surface area contributed by atoms with Gasteiger partial charge in [-0.05, 0) is 55.0 Å². The molecule has 1 aliphatic carbocycles. The van der Waals surface area contributed by atoms with Gasteiger partial charge in [0.2, 0.25) is 10.0 Å². The van der Waals surface area contributed by atoms with Crippen LogP contribution >= 0.6 is 11.6 Å². The fourth-order valence-corrected chi connectivity index (χ4v) is 4.95. The monoisotopic (exact) mass is 429 g/mol. The van der Waals surface area contributed by atoms with Crippen molar-refractivity contribution in [2.45, 2.75) is 36.1 Å². The third-order valence-corrected chi connectivity index (χ3v) is 6.57. The second-order valence-corrected chi connectivity index (χ2v) is 8.76. The molecule has 0 aliphatic heterocycles. The number of ether oxygens (including phenoxy) is 1. The Morgan fingerprint density at radius 3 is 2.50 bits per heavy atom. The maximum atomic E-state index is 14.5. The molecule has 2 aromatic rings. The van der Waals surface area contributed by atoms with Crippen LogP contribution in [-0.2, 0) is 14.8 Å². The normalized spacial score (nSPS) is 19.6. The minimum atomic E-state index is -4.37. The van der Waals surface area contributed by atoms with Gasteiger partial charge in [-0.3, -0.25) is 0 Å². The third-order valence-electron chi connectivity index (χ3n) is 4.79. The lowest BCUT2D eigenvalue weighted by atomic mass is 9.98. The third kappa shape index (κ3) is 4.34. The molecule has 5 nitrogen and oxygen atoms in total. The fraction of sp³-hybridized carbons (Fsp3) is 0.316. The highest BCUT2D eigenvalue weighted by atomic mass is 35.5. The Labute approximate surface area is 166 Å². The summed E-state index contributed by atoms with van der Waals surface area (Å²) in [5, 5.41) is 0.613. The van der Waals surface area contributed by atoms with Crippen molar-refractivity contribution >= 4 is 27.6 Å². The van der Waals surface area contributed by atoms with Crippen molar-refractivity contribution in [2.24, 2.45) is 0 Å². The molecule has 3 rings (SSSR count). The number of halogens is 3. The number of rotatable bonds is 5.